The van der Waals surface area contributed by atoms with Crippen LogP contribution in [0.3, 0.4) is 0 Å². The van der Waals surface area contributed by atoms with Crippen LogP contribution in [0.5, 0.6) is 0 Å². The summed E-state index contributed by atoms with van der Waals surface area (Å²) in [5, 5.41) is 3.25. The van der Waals surface area contributed by atoms with Crippen LogP contribution >= 0.6 is 0 Å². The first kappa shape index (κ1) is 13.3. The minimum atomic E-state index is -0.134. The van der Waals surface area contributed by atoms with Crippen LogP contribution in [0, 0.1) is 12.7 Å². The third kappa shape index (κ3) is 2.36. The predicted octanol–water partition coefficient (Wildman–Crippen LogP) is 3.93. The molecule has 2 heteroatoms. The number of fused-ring (bicyclic) bond motifs is 1. The third-order valence-corrected chi connectivity index (χ3v) is 4.21. The van der Waals surface area contributed by atoms with Crippen molar-refractivity contribution in [1.82, 2.24) is 5.32 Å². The fourth-order valence-corrected chi connectivity index (χ4v) is 3.14. The molecule has 104 valence electrons. The van der Waals surface area contributed by atoms with Gasteiger partial charge in [-0.15, -0.1) is 0 Å². The van der Waals surface area contributed by atoms with Crippen molar-refractivity contribution >= 4 is 0 Å². The number of halogens is 1. The van der Waals surface area contributed by atoms with Gasteiger partial charge in [0, 0.05) is 5.56 Å². The van der Waals surface area contributed by atoms with Gasteiger partial charge in [-0.05, 0) is 61.6 Å². The van der Waals surface area contributed by atoms with Crippen molar-refractivity contribution in [2.24, 2.45) is 0 Å². The third-order valence-electron chi connectivity index (χ3n) is 4.21. The molecule has 2 aromatic rings. The van der Waals surface area contributed by atoms with Gasteiger partial charge < -0.3 is 5.32 Å². The summed E-state index contributed by atoms with van der Waals surface area (Å²) in [6, 6.07) is 11.9. The van der Waals surface area contributed by atoms with E-state index in [1.165, 1.54) is 24.0 Å². The molecule has 1 atom stereocenters. The Hall–Kier alpha value is -1.67. The van der Waals surface area contributed by atoms with E-state index in [2.05, 4.69) is 23.5 Å². The van der Waals surface area contributed by atoms with Crippen molar-refractivity contribution in [2.45, 2.75) is 32.2 Å². The molecule has 1 N–H and O–H groups in total. The largest absolute Gasteiger partial charge is 0.309 e. The average molecular weight is 269 g/mol. The highest BCUT2D eigenvalue weighted by Gasteiger charge is 2.19. The summed E-state index contributed by atoms with van der Waals surface area (Å²) in [6.07, 6.45) is 3.57. The first-order valence-corrected chi connectivity index (χ1v) is 7.24. The zero-order chi connectivity index (χ0) is 14.1. The molecule has 0 fully saturated rings. The normalized spacial score (nSPS) is 15.2. The van der Waals surface area contributed by atoms with E-state index in [4.69, 9.17) is 0 Å². The highest BCUT2D eigenvalue weighted by atomic mass is 19.1. The van der Waals surface area contributed by atoms with Crippen LogP contribution in [0.15, 0.2) is 36.4 Å². The second-order valence-electron chi connectivity index (χ2n) is 5.63. The molecule has 0 aliphatic heterocycles. The van der Waals surface area contributed by atoms with Crippen LogP contribution in [-0.2, 0) is 12.8 Å². The van der Waals surface area contributed by atoms with Crippen molar-refractivity contribution in [3.63, 3.8) is 0 Å². The fraction of sp³-hybridized carbons (Fsp3) is 0.333. The molecule has 0 saturated carbocycles. The van der Waals surface area contributed by atoms with Crippen molar-refractivity contribution in [2.75, 3.05) is 7.05 Å². The van der Waals surface area contributed by atoms with Gasteiger partial charge in [0.05, 0.1) is 6.04 Å². The number of hydrogen-bond acceptors (Lipinski definition) is 1. The molecular weight excluding hydrogens is 249 g/mol. The van der Waals surface area contributed by atoms with Crippen LogP contribution in [0.2, 0.25) is 0 Å². The smallest absolute Gasteiger partial charge is 0.128 e. The molecule has 0 heterocycles. The fourth-order valence-electron chi connectivity index (χ4n) is 3.14. The van der Waals surface area contributed by atoms with Gasteiger partial charge >= 0.3 is 0 Å². The summed E-state index contributed by atoms with van der Waals surface area (Å²) >= 11 is 0. The minimum absolute atomic E-state index is 0.0819. The molecule has 1 aliphatic rings. The molecule has 0 bridgehead atoms. The Morgan fingerprint density at radius 2 is 1.85 bits per heavy atom. The van der Waals surface area contributed by atoms with Gasteiger partial charge in [0.2, 0.25) is 0 Å². The maximum Gasteiger partial charge on any atom is 0.128 e. The predicted molar refractivity (Wildman–Crippen MR) is 80.5 cm³/mol. The topological polar surface area (TPSA) is 12.0 Å². The maximum absolute atomic E-state index is 14.2. The quantitative estimate of drug-likeness (QED) is 0.890. The van der Waals surface area contributed by atoms with Gasteiger partial charge in [0.25, 0.3) is 0 Å². The Morgan fingerprint density at radius 1 is 1.05 bits per heavy atom. The molecule has 0 radical (unpaired) electrons. The lowest BCUT2D eigenvalue weighted by Gasteiger charge is -2.19. The van der Waals surface area contributed by atoms with E-state index >= 15 is 0 Å². The molecule has 3 rings (SSSR count). The Labute approximate surface area is 119 Å². The number of hydrogen-bond donors (Lipinski definition) is 1. The molecule has 0 saturated heterocycles. The van der Waals surface area contributed by atoms with Gasteiger partial charge in [-0.25, -0.2) is 4.39 Å². The summed E-state index contributed by atoms with van der Waals surface area (Å²) in [5.74, 6) is -0.134. The Bertz CT molecular complexity index is 633. The Kier molecular flexibility index (Phi) is 3.58. The molecule has 2 aromatic carbocycles. The lowest BCUT2D eigenvalue weighted by Crippen LogP contribution is -2.19. The minimum Gasteiger partial charge on any atom is -0.309 e. The monoisotopic (exact) mass is 269 g/mol. The number of rotatable bonds is 3. The highest BCUT2D eigenvalue weighted by Crippen LogP contribution is 2.29. The zero-order valence-corrected chi connectivity index (χ0v) is 12.0. The van der Waals surface area contributed by atoms with Gasteiger partial charge in [-0.2, -0.15) is 0 Å². The van der Waals surface area contributed by atoms with E-state index in [-0.39, 0.29) is 11.9 Å². The van der Waals surface area contributed by atoms with E-state index in [0.29, 0.717) is 0 Å². The molecule has 1 aliphatic carbocycles. The molecule has 1 unspecified atom stereocenters. The number of aryl methyl sites for hydroxylation is 3. The van der Waals surface area contributed by atoms with Crippen molar-refractivity contribution < 1.29 is 4.39 Å². The van der Waals surface area contributed by atoms with Crippen LogP contribution < -0.4 is 5.32 Å². The second kappa shape index (κ2) is 5.37. The SMILES string of the molecule is CNC(c1ccc2c(c1)CCC2)c1ccc(C)cc1F. The maximum atomic E-state index is 14.2. The van der Waals surface area contributed by atoms with E-state index in [0.717, 1.165) is 23.1 Å². The van der Waals surface area contributed by atoms with Crippen LogP contribution in [-0.4, -0.2) is 7.05 Å². The van der Waals surface area contributed by atoms with Gasteiger partial charge in [0.1, 0.15) is 5.82 Å². The first-order valence-electron chi connectivity index (χ1n) is 7.24. The summed E-state index contributed by atoms with van der Waals surface area (Å²) in [5.41, 5.74) is 5.70. The van der Waals surface area contributed by atoms with Crippen LogP contribution in [0.4, 0.5) is 4.39 Å². The highest BCUT2D eigenvalue weighted by molar-refractivity contribution is 5.41. The average Bonchev–Trinajstić information content (AvgIpc) is 2.89. The van der Waals surface area contributed by atoms with Crippen molar-refractivity contribution in [3.05, 3.63) is 70.0 Å². The van der Waals surface area contributed by atoms with Gasteiger partial charge in [-0.1, -0.05) is 30.3 Å². The zero-order valence-electron chi connectivity index (χ0n) is 12.0. The van der Waals surface area contributed by atoms with Gasteiger partial charge in [0.15, 0.2) is 0 Å². The molecule has 0 spiro atoms. The van der Waals surface area contributed by atoms with E-state index in [9.17, 15) is 4.39 Å². The van der Waals surface area contributed by atoms with Crippen molar-refractivity contribution in [1.29, 1.82) is 0 Å². The summed E-state index contributed by atoms with van der Waals surface area (Å²) in [4.78, 5) is 0. The molecule has 20 heavy (non-hydrogen) atoms. The van der Waals surface area contributed by atoms with E-state index in [1.54, 1.807) is 6.07 Å². The Morgan fingerprint density at radius 3 is 2.60 bits per heavy atom. The van der Waals surface area contributed by atoms with Gasteiger partial charge in [-0.3, -0.25) is 0 Å². The second-order valence-corrected chi connectivity index (χ2v) is 5.63. The standard InChI is InChI=1S/C18H20FN/c1-12-6-9-16(17(19)10-12)18(20-2)15-8-7-13-4-3-5-14(13)11-15/h6-11,18,20H,3-5H2,1-2H3. The first-order chi connectivity index (χ1) is 9.69. The van der Waals surface area contributed by atoms with Crippen molar-refractivity contribution in [3.8, 4) is 0 Å². The molecule has 0 amide bonds. The summed E-state index contributed by atoms with van der Waals surface area (Å²) in [6.45, 7) is 1.91. The lowest BCUT2D eigenvalue weighted by atomic mass is 9.95. The van der Waals surface area contributed by atoms with Crippen LogP contribution in [0.1, 0.15) is 40.3 Å². The number of nitrogens with one attached hydrogen (secondary N) is 1. The molecule has 1 nitrogen and oxygen atoms in total. The Balaban J connectivity index is 2.01. The van der Waals surface area contributed by atoms with E-state index in [1.807, 2.05) is 26.1 Å². The van der Waals surface area contributed by atoms with Crippen LogP contribution in [0.25, 0.3) is 0 Å². The van der Waals surface area contributed by atoms with E-state index < -0.39 is 0 Å². The number of benzene rings is 2. The molecule has 0 aromatic heterocycles. The summed E-state index contributed by atoms with van der Waals surface area (Å²) in [7, 11) is 1.89. The lowest BCUT2D eigenvalue weighted by molar-refractivity contribution is 0.575. The summed E-state index contributed by atoms with van der Waals surface area (Å²) < 4.78 is 14.2. The molecular formula is C18H20FN.